The van der Waals surface area contributed by atoms with E-state index in [9.17, 15) is 13.2 Å². The van der Waals surface area contributed by atoms with E-state index in [4.69, 9.17) is 4.74 Å². The largest absolute Gasteiger partial charge is 0.494 e. The Morgan fingerprint density at radius 1 is 1.29 bits per heavy atom. The highest BCUT2D eigenvalue weighted by molar-refractivity contribution is 7.91. The van der Waals surface area contributed by atoms with Gasteiger partial charge in [-0.05, 0) is 44.0 Å². The molecule has 1 saturated heterocycles. The number of nitrogens with zero attached hydrogens (tertiary/aromatic N) is 2. The molecule has 0 aliphatic carbocycles. The Labute approximate surface area is 166 Å². The Balaban J connectivity index is 1.65. The number of nitrogens with one attached hydrogen (secondary N) is 1. The minimum Gasteiger partial charge on any atom is -0.494 e. The van der Waals surface area contributed by atoms with Crippen LogP contribution >= 0.6 is 0 Å². The standard InChI is InChI=1S/C20H27N3O4S/c1-3-4-5-11-27-18-8-6-16(7-9-18)20(24)21-19-13-15(2)22-23(19)17-10-12-28(25,26)14-17/h6-9,13,17H,3-5,10-12,14H2,1-2H3,(H,21,24). The zero-order chi connectivity index (χ0) is 20.1. The van der Waals surface area contributed by atoms with Crippen LogP contribution in [0.4, 0.5) is 5.82 Å². The summed E-state index contributed by atoms with van der Waals surface area (Å²) in [6, 6.07) is 8.53. The Morgan fingerprint density at radius 2 is 2.04 bits per heavy atom. The van der Waals surface area contributed by atoms with Gasteiger partial charge < -0.3 is 10.1 Å². The first-order valence-electron chi connectivity index (χ1n) is 9.69. The quantitative estimate of drug-likeness (QED) is 0.680. The van der Waals surface area contributed by atoms with E-state index in [1.807, 2.05) is 6.92 Å². The van der Waals surface area contributed by atoms with Crippen LogP contribution < -0.4 is 10.1 Å². The summed E-state index contributed by atoms with van der Waals surface area (Å²) in [7, 11) is -3.04. The first-order valence-corrected chi connectivity index (χ1v) is 11.5. The monoisotopic (exact) mass is 405 g/mol. The number of rotatable bonds is 8. The lowest BCUT2D eigenvalue weighted by molar-refractivity contribution is 0.102. The molecule has 1 amide bonds. The number of carbonyl (C=O) groups excluding carboxylic acids is 1. The molecule has 7 nitrogen and oxygen atoms in total. The summed E-state index contributed by atoms with van der Waals surface area (Å²) in [4.78, 5) is 12.6. The number of aryl methyl sites for hydroxylation is 1. The van der Waals surface area contributed by atoms with Gasteiger partial charge in [0.25, 0.3) is 5.91 Å². The van der Waals surface area contributed by atoms with E-state index < -0.39 is 9.84 Å². The molecule has 0 spiro atoms. The number of hydrogen-bond donors (Lipinski definition) is 1. The van der Waals surface area contributed by atoms with Crippen molar-refractivity contribution in [1.29, 1.82) is 0 Å². The average Bonchev–Trinajstić information content (AvgIpc) is 3.20. The summed E-state index contributed by atoms with van der Waals surface area (Å²) in [5, 5.41) is 7.24. The van der Waals surface area contributed by atoms with Gasteiger partial charge >= 0.3 is 0 Å². The maximum atomic E-state index is 12.6. The maximum absolute atomic E-state index is 12.6. The van der Waals surface area contributed by atoms with Gasteiger partial charge in [-0.15, -0.1) is 0 Å². The van der Waals surface area contributed by atoms with Gasteiger partial charge in [0.2, 0.25) is 0 Å². The molecule has 1 aromatic heterocycles. The normalized spacial score (nSPS) is 18.1. The van der Waals surface area contributed by atoms with E-state index in [-0.39, 0.29) is 23.5 Å². The zero-order valence-electron chi connectivity index (χ0n) is 16.3. The molecule has 0 radical (unpaired) electrons. The molecule has 8 heteroatoms. The lowest BCUT2D eigenvalue weighted by Crippen LogP contribution is -2.19. The van der Waals surface area contributed by atoms with Gasteiger partial charge in [-0.3, -0.25) is 4.79 Å². The highest BCUT2D eigenvalue weighted by atomic mass is 32.2. The zero-order valence-corrected chi connectivity index (χ0v) is 17.2. The van der Waals surface area contributed by atoms with Crippen LogP contribution in [0.2, 0.25) is 0 Å². The lowest BCUT2D eigenvalue weighted by atomic mass is 10.2. The molecule has 28 heavy (non-hydrogen) atoms. The van der Waals surface area contributed by atoms with Crippen LogP contribution in [0.5, 0.6) is 5.75 Å². The van der Waals surface area contributed by atoms with Crippen LogP contribution in [-0.2, 0) is 9.84 Å². The second-order valence-electron chi connectivity index (χ2n) is 7.21. The van der Waals surface area contributed by atoms with Crippen LogP contribution in [0.3, 0.4) is 0 Å². The van der Waals surface area contributed by atoms with E-state index in [2.05, 4.69) is 17.3 Å². The van der Waals surface area contributed by atoms with E-state index in [0.29, 0.717) is 24.4 Å². The fourth-order valence-electron chi connectivity index (χ4n) is 3.29. The minimum atomic E-state index is -3.04. The van der Waals surface area contributed by atoms with Crippen molar-refractivity contribution in [2.24, 2.45) is 0 Å². The molecule has 3 rings (SSSR count). The summed E-state index contributed by atoms with van der Waals surface area (Å²) in [5.41, 5.74) is 1.24. The molecule has 2 heterocycles. The average molecular weight is 406 g/mol. The molecule has 0 saturated carbocycles. The number of aromatic nitrogens is 2. The maximum Gasteiger partial charge on any atom is 0.256 e. The summed E-state index contributed by atoms with van der Waals surface area (Å²) in [6.45, 7) is 4.63. The third-order valence-corrected chi connectivity index (χ3v) is 6.54. The lowest BCUT2D eigenvalue weighted by Gasteiger charge is -2.14. The Kier molecular flexibility index (Phi) is 6.39. The van der Waals surface area contributed by atoms with Gasteiger partial charge in [0.05, 0.1) is 29.8 Å². The van der Waals surface area contributed by atoms with Crippen LogP contribution in [0.25, 0.3) is 0 Å². The minimum absolute atomic E-state index is 0.0566. The van der Waals surface area contributed by atoms with Crippen molar-refractivity contribution in [3.05, 3.63) is 41.6 Å². The molecule has 1 fully saturated rings. The molecule has 1 unspecified atom stereocenters. The molecule has 1 aliphatic rings. The molecule has 1 aliphatic heterocycles. The number of carbonyl (C=O) groups is 1. The van der Waals surface area contributed by atoms with Crippen LogP contribution in [0.1, 0.15) is 54.7 Å². The van der Waals surface area contributed by atoms with Crippen LogP contribution in [-0.4, -0.2) is 42.2 Å². The number of hydrogen-bond acceptors (Lipinski definition) is 5. The summed E-state index contributed by atoms with van der Waals surface area (Å²) < 4.78 is 30.9. The van der Waals surface area contributed by atoms with Gasteiger partial charge in [0.15, 0.2) is 9.84 Å². The fraction of sp³-hybridized carbons (Fsp3) is 0.500. The predicted octanol–water partition coefficient (Wildman–Crippen LogP) is 3.37. The van der Waals surface area contributed by atoms with Crippen molar-refractivity contribution in [2.75, 3.05) is 23.4 Å². The van der Waals surface area contributed by atoms with Crippen LogP contribution in [0, 0.1) is 6.92 Å². The molecule has 1 atom stereocenters. The number of ether oxygens (including phenoxy) is 1. The summed E-state index contributed by atoms with van der Waals surface area (Å²) in [5.74, 6) is 1.21. The Hall–Kier alpha value is -2.35. The number of anilines is 1. The van der Waals surface area contributed by atoms with Gasteiger partial charge in [0.1, 0.15) is 11.6 Å². The van der Waals surface area contributed by atoms with E-state index in [1.54, 1.807) is 35.0 Å². The van der Waals surface area contributed by atoms with E-state index in [1.165, 1.54) is 0 Å². The number of sulfone groups is 1. The molecule has 1 N–H and O–H groups in total. The van der Waals surface area contributed by atoms with Crippen molar-refractivity contribution < 1.29 is 17.9 Å². The first-order chi connectivity index (χ1) is 13.4. The Morgan fingerprint density at radius 3 is 2.68 bits per heavy atom. The SMILES string of the molecule is CCCCCOc1ccc(C(=O)Nc2cc(C)nn2C2CCS(=O)(=O)C2)cc1. The third kappa shape index (κ3) is 5.13. The first kappa shape index (κ1) is 20.4. The Bertz CT molecular complexity index is 919. The summed E-state index contributed by atoms with van der Waals surface area (Å²) in [6.07, 6.45) is 3.80. The smallest absolute Gasteiger partial charge is 0.256 e. The predicted molar refractivity (Wildman–Crippen MR) is 109 cm³/mol. The second-order valence-corrected chi connectivity index (χ2v) is 9.44. The van der Waals surface area contributed by atoms with Gasteiger partial charge in [-0.1, -0.05) is 19.8 Å². The van der Waals surface area contributed by atoms with Crippen molar-refractivity contribution in [3.63, 3.8) is 0 Å². The molecular weight excluding hydrogens is 378 g/mol. The molecule has 1 aromatic carbocycles. The third-order valence-electron chi connectivity index (χ3n) is 4.79. The molecule has 152 valence electrons. The molecule has 0 bridgehead atoms. The highest BCUT2D eigenvalue weighted by Crippen LogP contribution is 2.27. The topological polar surface area (TPSA) is 90.3 Å². The summed E-state index contributed by atoms with van der Waals surface area (Å²) >= 11 is 0. The number of benzene rings is 1. The van der Waals surface area contributed by atoms with E-state index in [0.717, 1.165) is 30.7 Å². The van der Waals surface area contributed by atoms with Crippen molar-refractivity contribution >= 4 is 21.6 Å². The second kappa shape index (κ2) is 8.77. The highest BCUT2D eigenvalue weighted by Gasteiger charge is 2.31. The number of unbranched alkanes of at least 4 members (excludes halogenated alkanes) is 2. The van der Waals surface area contributed by atoms with Crippen molar-refractivity contribution in [2.45, 2.75) is 45.6 Å². The number of amides is 1. The molecule has 2 aromatic rings. The van der Waals surface area contributed by atoms with Gasteiger partial charge in [-0.25, -0.2) is 13.1 Å². The van der Waals surface area contributed by atoms with E-state index >= 15 is 0 Å². The van der Waals surface area contributed by atoms with Gasteiger partial charge in [0, 0.05) is 11.6 Å². The fourth-order valence-corrected chi connectivity index (χ4v) is 4.98. The van der Waals surface area contributed by atoms with Crippen LogP contribution in [0.15, 0.2) is 30.3 Å². The van der Waals surface area contributed by atoms with Gasteiger partial charge in [-0.2, -0.15) is 5.10 Å². The van der Waals surface area contributed by atoms with Crippen molar-refractivity contribution in [3.8, 4) is 5.75 Å². The molecular formula is C20H27N3O4S. The van der Waals surface area contributed by atoms with Crippen molar-refractivity contribution in [1.82, 2.24) is 9.78 Å².